The van der Waals surface area contributed by atoms with E-state index in [1.807, 2.05) is 54.6 Å². The molecule has 0 aromatic heterocycles. The molecular weight excluding hydrogens is 581 g/mol. The van der Waals surface area contributed by atoms with Gasteiger partial charge in [0.2, 0.25) is 5.91 Å². The van der Waals surface area contributed by atoms with Crippen LogP contribution in [-0.4, -0.2) is 52.4 Å². The number of benzene rings is 3. The number of anilines is 1. The fourth-order valence-corrected chi connectivity index (χ4v) is 6.53. The highest BCUT2D eigenvalue weighted by molar-refractivity contribution is 7.99. The summed E-state index contributed by atoms with van der Waals surface area (Å²) in [5, 5.41) is 12.2. The van der Waals surface area contributed by atoms with Crippen LogP contribution in [0.1, 0.15) is 48.8 Å². The van der Waals surface area contributed by atoms with Crippen LogP contribution in [0, 0.1) is 5.92 Å². The summed E-state index contributed by atoms with van der Waals surface area (Å²) in [6.45, 7) is 1.88. The third-order valence-electron chi connectivity index (χ3n) is 7.77. The number of hydrogen-bond acceptors (Lipinski definition) is 6. The number of aliphatic hydroxyl groups excluding tert-OH is 1. The van der Waals surface area contributed by atoms with Gasteiger partial charge in [-0.15, -0.1) is 11.8 Å². The number of likely N-dealkylation sites (tertiary alicyclic amines) is 1. The van der Waals surface area contributed by atoms with Crippen molar-refractivity contribution in [1.82, 2.24) is 4.90 Å². The van der Waals surface area contributed by atoms with Crippen molar-refractivity contribution in [2.45, 2.75) is 62.0 Å². The number of carbonyl (C=O) groups is 2. The number of alkyl halides is 3. The molecule has 2 aliphatic rings. The lowest BCUT2D eigenvalue weighted by Crippen LogP contribution is -2.48. The molecule has 5 unspecified atom stereocenters. The fourth-order valence-electron chi connectivity index (χ4n) is 5.44. The van der Waals surface area contributed by atoms with Crippen molar-refractivity contribution in [2.75, 3.05) is 17.6 Å². The van der Waals surface area contributed by atoms with Gasteiger partial charge in [-0.25, -0.2) is 0 Å². The average molecular weight is 615 g/mol. The van der Waals surface area contributed by atoms with Crippen LogP contribution >= 0.6 is 11.8 Å². The summed E-state index contributed by atoms with van der Waals surface area (Å²) in [5.41, 5.74) is 2.72. The summed E-state index contributed by atoms with van der Waals surface area (Å²) in [7, 11) is 0. The summed E-state index contributed by atoms with van der Waals surface area (Å²) >= 11 is 1.68. The molecule has 228 valence electrons. The molecule has 2 amide bonds. The van der Waals surface area contributed by atoms with E-state index in [0.29, 0.717) is 28.3 Å². The van der Waals surface area contributed by atoms with Gasteiger partial charge >= 0.3 is 12.1 Å². The number of halogens is 3. The van der Waals surface area contributed by atoms with Crippen molar-refractivity contribution < 1.29 is 37.3 Å². The Morgan fingerprint density at radius 3 is 2.44 bits per heavy atom. The second-order valence-corrected chi connectivity index (χ2v) is 11.8. The highest BCUT2D eigenvalue weighted by Crippen LogP contribution is 2.43. The van der Waals surface area contributed by atoms with Crippen molar-refractivity contribution in [2.24, 2.45) is 5.92 Å². The Hall–Kier alpha value is -3.38. The summed E-state index contributed by atoms with van der Waals surface area (Å²) in [6, 6.07) is 23.2. The number of thioether (sulfide) groups is 1. The minimum absolute atomic E-state index is 0.0187. The van der Waals surface area contributed by atoms with Crippen LogP contribution in [-0.2, 0) is 25.7 Å². The molecule has 3 aromatic rings. The van der Waals surface area contributed by atoms with E-state index in [1.165, 1.54) is 0 Å². The summed E-state index contributed by atoms with van der Waals surface area (Å²) in [5.74, 6) is -2.04. The van der Waals surface area contributed by atoms with Gasteiger partial charge in [0.15, 0.2) is 6.29 Å². The van der Waals surface area contributed by atoms with Crippen LogP contribution in [0.15, 0.2) is 83.8 Å². The van der Waals surface area contributed by atoms with Crippen molar-refractivity contribution >= 4 is 29.3 Å². The molecule has 0 spiro atoms. The second-order valence-electron chi connectivity index (χ2n) is 10.7. The highest BCUT2D eigenvalue weighted by atomic mass is 32.2. The molecule has 2 aliphatic heterocycles. The Labute approximate surface area is 252 Å². The number of hydrogen-bond donors (Lipinski definition) is 2. The fraction of sp³-hybridized carbons (Fsp3) is 0.375. The first kappa shape index (κ1) is 31.1. The van der Waals surface area contributed by atoms with E-state index in [1.54, 1.807) is 36.0 Å². The maximum absolute atomic E-state index is 13.1. The molecule has 11 heteroatoms. The third kappa shape index (κ3) is 7.41. The van der Waals surface area contributed by atoms with Gasteiger partial charge in [-0.1, -0.05) is 61.5 Å². The molecule has 2 fully saturated rings. The Kier molecular flexibility index (Phi) is 9.75. The second kappa shape index (κ2) is 13.5. The van der Waals surface area contributed by atoms with E-state index in [9.17, 15) is 27.9 Å². The van der Waals surface area contributed by atoms with E-state index in [4.69, 9.17) is 9.47 Å². The lowest BCUT2D eigenvalue weighted by Gasteiger charge is -2.41. The van der Waals surface area contributed by atoms with E-state index in [0.717, 1.165) is 16.0 Å². The SMILES string of the molecule is CC1C(CSc2ccccc2)OC(c2cccc(NC(=O)C3CCCN3C(=O)C(F)(F)F)c2)OC1c1ccc(CO)cc1. The minimum Gasteiger partial charge on any atom is -0.392 e. The molecule has 43 heavy (non-hydrogen) atoms. The van der Waals surface area contributed by atoms with Crippen molar-refractivity contribution in [3.8, 4) is 0 Å². The molecule has 2 N–H and O–H groups in total. The number of nitrogens with zero attached hydrogens (tertiary/aromatic N) is 1. The standard InChI is InChI=1S/C32H33F3N2O5S/c1-20-27(19-43-25-9-3-2-4-10-25)41-30(42-28(20)22-14-12-21(18-38)13-15-22)23-7-5-8-24(17-23)36-29(39)26-11-6-16-37(26)31(40)32(33,34)35/h2-5,7-10,12-15,17,20,26-28,30,38H,6,11,16,18-19H2,1H3,(H,36,39). The zero-order chi connectivity index (χ0) is 30.6. The molecule has 5 atom stereocenters. The van der Waals surface area contributed by atoms with Gasteiger partial charge in [0.25, 0.3) is 0 Å². The number of ether oxygens (including phenoxy) is 2. The van der Waals surface area contributed by atoms with Gasteiger partial charge in [0, 0.05) is 34.4 Å². The Bertz CT molecular complexity index is 1410. The molecule has 3 aromatic carbocycles. The van der Waals surface area contributed by atoms with Gasteiger partial charge in [-0.2, -0.15) is 13.2 Å². The zero-order valence-electron chi connectivity index (χ0n) is 23.5. The molecule has 5 rings (SSSR count). The molecule has 7 nitrogen and oxygen atoms in total. The number of rotatable bonds is 8. The number of nitrogens with one attached hydrogen (secondary N) is 1. The first-order valence-corrected chi connectivity index (χ1v) is 15.1. The molecular formula is C32H33F3N2O5S. The monoisotopic (exact) mass is 614 g/mol. The number of aliphatic hydroxyl groups is 1. The maximum Gasteiger partial charge on any atom is 0.471 e. The molecule has 2 saturated heterocycles. The maximum atomic E-state index is 13.1. The van der Waals surface area contributed by atoms with Gasteiger partial charge in [-0.05, 0) is 48.2 Å². The summed E-state index contributed by atoms with van der Waals surface area (Å²) in [4.78, 5) is 26.5. The Morgan fingerprint density at radius 2 is 1.74 bits per heavy atom. The first-order chi connectivity index (χ1) is 20.6. The molecule has 0 saturated carbocycles. The topological polar surface area (TPSA) is 88.1 Å². The average Bonchev–Trinajstić information content (AvgIpc) is 3.50. The van der Waals surface area contributed by atoms with E-state index in [2.05, 4.69) is 12.2 Å². The smallest absolute Gasteiger partial charge is 0.392 e. The first-order valence-electron chi connectivity index (χ1n) is 14.1. The van der Waals surface area contributed by atoms with Crippen LogP contribution < -0.4 is 5.32 Å². The number of amides is 2. The zero-order valence-corrected chi connectivity index (χ0v) is 24.3. The van der Waals surface area contributed by atoms with Crippen molar-refractivity contribution in [3.63, 3.8) is 0 Å². The molecule has 2 heterocycles. The largest absolute Gasteiger partial charge is 0.471 e. The van der Waals surface area contributed by atoms with Crippen LogP contribution in [0.25, 0.3) is 0 Å². The van der Waals surface area contributed by atoms with Gasteiger partial charge in [0.1, 0.15) is 6.04 Å². The van der Waals surface area contributed by atoms with Gasteiger partial charge in [0.05, 0.1) is 18.8 Å². The predicted molar refractivity (Wildman–Crippen MR) is 156 cm³/mol. The molecule has 0 bridgehead atoms. The van der Waals surface area contributed by atoms with Crippen LogP contribution in [0.2, 0.25) is 0 Å². The summed E-state index contributed by atoms with van der Waals surface area (Å²) < 4.78 is 52.2. The normalized spacial score (nSPS) is 24.1. The van der Waals surface area contributed by atoms with E-state index < -0.39 is 30.3 Å². The minimum atomic E-state index is -5.04. The Balaban J connectivity index is 1.35. The van der Waals surface area contributed by atoms with E-state index >= 15 is 0 Å². The van der Waals surface area contributed by atoms with Gasteiger partial charge < -0.3 is 24.8 Å². The lowest BCUT2D eigenvalue weighted by atomic mass is 9.91. The van der Waals surface area contributed by atoms with Crippen LogP contribution in [0.4, 0.5) is 18.9 Å². The molecule has 0 radical (unpaired) electrons. The summed E-state index contributed by atoms with van der Waals surface area (Å²) in [6.07, 6.45) is -5.90. The van der Waals surface area contributed by atoms with Crippen LogP contribution in [0.5, 0.6) is 0 Å². The van der Waals surface area contributed by atoms with Crippen LogP contribution in [0.3, 0.4) is 0 Å². The number of carbonyl (C=O) groups excluding carboxylic acids is 2. The predicted octanol–water partition coefficient (Wildman–Crippen LogP) is 6.25. The van der Waals surface area contributed by atoms with Crippen molar-refractivity contribution in [3.05, 3.63) is 95.6 Å². The lowest BCUT2D eigenvalue weighted by molar-refractivity contribution is -0.268. The van der Waals surface area contributed by atoms with Gasteiger partial charge in [-0.3, -0.25) is 9.59 Å². The van der Waals surface area contributed by atoms with E-state index in [-0.39, 0.29) is 37.7 Å². The highest BCUT2D eigenvalue weighted by Gasteiger charge is 2.47. The Morgan fingerprint density at radius 1 is 1.00 bits per heavy atom. The molecule has 0 aliphatic carbocycles. The van der Waals surface area contributed by atoms with Crippen molar-refractivity contribution in [1.29, 1.82) is 0 Å². The quantitative estimate of drug-likeness (QED) is 0.292. The third-order valence-corrected chi connectivity index (χ3v) is 8.87.